The molecule has 1 nitrogen and oxygen atoms in total. The first-order chi connectivity index (χ1) is 10.3. The lowest BCUT2D eigenvalue weighted by atomic mass is 9.92. The lowest BCUT2D eigenvalue weighted by molar-refractivity contribution is 0.431. The molecule has 2 aromatic carbocycles. The maximum atomic E-state index is 13.3. The molecule has 0 saturated heterocycles. The topological polar surface area (TPSA) is 12.0 Å². The first-order valence-corrected chi connectivity index (χ1v) is 7.72. The van der Waals surface area contributed by atoms with Crippen molar-refractivity contribution in [2.75, 3.05) is 13.6 Å². The Bertz CT molecular complexity index is 581. The molecule has 0 spiro atoms. The first kappa shape index (κ1) is 14.3. The van der Waals surface area contributed by atoms with Crippen molar-refractivity contribution in [3.8, 4) is 0 Å². The molecule has 0 radical (unpaired) electrons. The van der Waals surface area contributed by atoms with E-state index in [1.165, 1.54) is 18.1 Å². The Morgan fingerprint density at radius 1 is 1.14 bits per heavy atom. The summed E-state index contributed by atoms with van der Waals surface area (Å²) in [7, 11) is 2.00. The van der Waals surface area contributed by atoms with Gasteiger partial charge in [-0.3, -0.25) is 0 Å². The van der Waals surface area contributed by atoms with Crippen LogP contribution in [0.2, 0.25) is 0 Å². The van der Waals surface area contributed by atoms with Crippen LogP contribution in [-0.2, 0) is 6.42 Å². The van der Waals surface area contributed by atoms with Crippen molar-refractivity contribution in [3.63, 3.8) is 0 Å². The minimum absolute atomic E-state index is 0.133. The number of rotatable bonds is 6. The largest absolute Gasteiger partial charge is 0.319 e. The summed E-state index contributed by atoms with van der Waals surface area (Å²) >= 11 is 0. The Kier molecular flexibility index (Phi) is 4.35. The second-order valence-corrected chi connectivity index (χ2v) is 6.07. The molecule has 0 aromatic heterocycles. The number of hydrogen-bond acceptors (Lipinski definition) is 1. The lowest BCUT2D eigenvalue weighted by Crippen LogP contribution is -2.23. The van der Waals surface area contributed by atoms with Gasteiger partial charge in [-0.1, -0.05) is 42.5 Å². The molecule has 2 aromatic rings. The van der Waals surface area contributed by atoms with Gasteiger partial charge in [-0.25, -0.2) is 4.39 Å². The van der Waals surface area contributed by atoms with Crippen LogP contribution in [0.25, 0.3) is 0 Å². The summed E-state index contributed by atoms with van der Waals surface area (Å²) in [4.78, 5) is 0. The summed E-state index contributed by atoms with van der Waals surface area (Å²) < 4.78 is 13.3. The summed E-state index contributed by atoms with van der Waals surface area (Å²) in [6.45, 7) is 0.991. The van der Waals surface area contributed by atoms with E-state index in [2.05, 4.69) is 35.6 Å². The Hall–Kier alpha value is -1.67. The first-order valence-electron chi connectivity index (χ1n) is 7.72. The number of benzene rings is 2. The highest BCUT2D eigenvalue weighted by atomic mass is 19.1. The van der Waals surface area contributed by atoms with Crippen LogP contribution in [0.1, 0.15) is 23.5 Å². The fraction of sp³-hybridized carbons (Fsp3) is 0.368. The molecule has 21 heavy (non-hydrogen) atoms. The molecule has 0 heterocycles. The Balaban J connectivity index is 1.69. The summed E-state index contributed by atoms with van der Waals surface area (Å²) in [5.74, 6) is 1.83. The molecule has 1 saturated carbocycles. The molecular weight excluding hydrogens is 261 g/mol. The van der Waals surface area contributed by atoms with Gasteiger partial charge in [0.25, 0.3) is 0 Å². The van der Waals surface area contributed by atoms with E-state index in [9.17, 15) is 4.39 Å². The van der Waals surface area contributed by atoms with Crippen molar-refractivity contribution in [2.45, 2.75) is 18.8 Å². The second kappa shape index (κ2) is 6.40. The molecule has 0 bridgehead atoms. The molecule has 1 N–H and O–H groups in total. The van der Waals surface area contributed by atoms with Crippen LogP contribution < -0.4 is 5.32 Å². The van der Waals surface area contributed by atoms with Gasteiger partial charge in [-0.05, 0) is 67.4 Å². The summed E-state index contributed by atoms with van der Waals surface area (Å²) in [5.41, 5.74) is 2.55. The smallest absolute Gasteiger partial charge is 0.123 e. The Morgan fingerprint density at radius 3 is 2.67 bits per heavy atom. The van der Waals surface area contributed by atoms with E-state index in [1.54, 1.807) is 6.07 Å². The minimum Gasteiger partial charge on any atom is -0.319 e. The fourth-order valence-corrected chi connectivity index (χ4v) is 3.42. The van der Waals surface area contributed by atoms with E-state index in [0.717, 1.165) is 18.5 Å². The van der Waals surface area contributed by atoms with Crippen LogP contribution in [0, 0.1) is 17.7 Å². The molecule has 2 heteroatoms. The van der Waals surface area contributed by atoms with E-state index in [0.29, 0.717) is 17.8 Å². The zero-order valence-electron chi connectivity index (χ0n) is 12.4. The van der Waals surface area contributed by atoms with Gasteiger partial charge < -0.3 is 5.32 Å². The van der Waals surface area contributed by atoms with E-state index >= 15 is 0 Å². The molecular formula is C19H22FN. The third-order valence-corrected chi connectivity index (χ3v) is 4.53. The quantitative estimate of drug-likeness (QED) is 0.844. The average Bonchev–Trinajstić information content (AvgIpc) is 3.28. The molecule has 0 amide bonds. The highest BCUT2D eigenvalue weighted by Crippen LogP contribution is 2.52. The summed E-state index contributed by atoms with van der Waals surface area (Å²) in [5, 5.41) is 3.30. The average molecular weight is 283 g/mol. The normalized spacial score (nSPS) is 22.0. The van der Waals surface area contributed by atoms with Crippen molar-refractivity contribution in [2.24, 2.45) is 11.8 Å². The molecule has 3 unspecified atom stereocenters. The van der Waals surface area contributed by atoms with Crippen LogP contribution in [0.5, 0.6) is 0 Å². The highest BCUT2D eigenvalue weighted by Gasteiger charge is 2.43. The van der Waals surface area contributed by atoms with Crippen LogP contribution >= 0.6 is 0 Å². The standard InChI is InChI=1S/C19H22FN/c1-21-13-16(10-14-6-5-9-17(20)11-14)19-12-18(19)15-7-3-2-4-8-15/h2-9,11,16,18-19,21H,10,12-13H2,1H3. The molecule has 3 rings (SSSR count). The van der Waals surface area contributed by atoms with Crippen LogP contribution in [0.3, 0.4) is 0 Å². The van der Waals surface area contributed by atoms with Crippen molar-refractivity contribution in [3.05, 3.63) is 71.5 Å². The maximum Gasteiger partial charge on any atom is 0.123 e. The van der Waals surface area contributed by atoms with Crippen molar-refractivity contribution in [1.82, 2.24) is 5.32 Å². The van der Waals surface area contributed by atoms with Gasteiger partial charge in [-0.15, -0.1) is 0 Å². The lowest BCUT2D eigenvalue weighted by Gasteiger charge is -2.17. The predicted molar refractivity (Wildman–Crippen MR) is 84.8 cm³/mol. The van der Waals surface area contributed by atoms with Gasteiger partial charge in [0.05, 0.1) is 0 Å². The molecule has 1 aliphatic rings. The van der Waals surface area contributed by atoms with Crippen LogP contribution in [-0.4, -0.2) is 13.6 Å². The summed E-state index contributed by atoms with van der Waals surface area (Å²) in [6.07, 6.45) is 2.21. The molecule has 1 aliphatic carbocycles. The van der Waals surface area contributed by atoms with Crippen molar-refractivity contribution in [1.29, 1.82) is 0 Å². The third kappa shape index (κ3) is 3.51. The SMILES string of the molecule is CNCC(Cc1cccc(F)c1)C1CC1c1ccccc1. The third-order valence-electron chi connectivity index (χ3n) is 4.53. The van der Waals surface area contributed by atoms with Crippen molar-refractivity contribution >= 4 is 0 Å². The van der Waals surface area contributed by atoms with Gasteiger partial charge >= 0.3 is 0 Å². The van der Waals surface area contributed by atoms with E-state index < -0.39 is 0 Å². The Labute approximate surface area is 126 Å². The van der Waals surface area contributed by atoms with Gasteiger partial charge in [0.2, 0.25) is 0 Å². The van der Waals surface area contributed by atoms with E-state index in [4.69, 9.17) is 0 Å². The highest BCUT2D eigenvalue weighted by molar-refractivity contribution is 5.27. The van der Waals surface area contributed by atoms with Crippen LogP contribution in [0.4, 0.5) is 4.39 Å². The van der Waals surface area contributed by atoms with Gasteiger partial charge in [0.1, 0.15) is 5.82 Å². The number of hydrogen-bond donors (Lipinski definition) is 1. The van der Waals surface area contributed by atoms with Crippen LogP contribution in [0.15, 0.2) is 54.6 Å². The maximum absolute atomic E-state index is 13.3. The predicted octanol–water partition coefficient (Wildman–Crippen LogP) is 4.01. The van der Waals surface area contributed by atoms with E-state index in [-0.39, 0.29) is 5.82 Å². The van der Waals surface area contributed by atoms with Gasteiger partial charge in [-0.2, -0.15) is 0 Å². The minimum atomic E-state index is -0.133. The van der Waals surface area contributed by atoms with Crippen molar-refractivity contribution < 1.29 is 4.39 Å². The zero-order valence-corrected chi connectivity index (χ0v) is 12.4. The molecule has 110 valence electrons. The number of nitrogens with one attached hydrogen (secondary N) is 1. The zero-order chi connectivity index (χ0) is 14.7. The number of halogens is 1. The van der Waals surface area contributed by atoms with Gasteiger partial charge in [0.15, 0.2) is 0 Å². The van der Waals surface area contributed by atoms with Gasteiger partial charge in [0, 0.05) is 0 Å². The molecule has 0 aliphatic heterocycles. The second-order valence-electron chi connectivity index (χ2n) is 6.07. The summed E-state index contributed by atoms with van der Waals surface area (Å²) in [6, 6.07) is 17.8. The molecule has 3 atom stereocenters. The fourth-order valence-electron chi connectivity index (χ4n) is 3.42. The molecule has 1 fully saturated rings. The van der Waals surface area contributed by atoms with E-state index in [1.807, 2.05) is 19.2 Å². The Morgan fingerprint density at radius 2 is 1.95 bits per heavy atom. The monoisotopic (exact) mass is 283 g/mol.